The van der Waals surface area contributed by atoms with E-state index >= 15 is 0 Å². The second kappa shape index (κ2) is 3.50. The van der Waals surface area contributed by atoms with E-state index in [1.807, 2.05) is 6.92 Å². The van der Waals surface area contributed by atoms with Crippen molar-refractivity contribution in [3.05, 3.63) is 17.5 Å². The molecular formula is C7H12N2O2. The Kier molecular flexibility index (Phi) is 2.62. The van der Waals surface area contributed by atoms with E-state index in [1.54, 1.807) is 6.07 Å². The summed E-state index contributed by atoms with van der Waals surface area (Å²) in [6.07, 6.45) is 0.797. The molecule has 1 atom stereocenters. The van der Waals surface area contributed by atoms with Crippen LogP contribution in [-0.2, 0) is 6.42 Å². The number of hydrogen-bond acceptors (Lipinski definition) is 4. The molecule has 0 fully saturated rings. The summed E-state index contributed by atoms with van der Waals surface area (Å²) in [6, 6.07) is 1.35. The summed E-state index contributed by atoms with van der Waals surface area (Å²) in [4.78, 5) is 0. The molecule has 0 aliphatic carbocycles. The van der Waals surface area contributed by atoms with Crippen LogP contribution in [-0.4, -0.2) is 16.9 Å². The fraction of sp³-hybridized carbons (Fsp3) is 0.571. The van der Waals surface area contributed by atoms with E-state index in [4.69, 9.17) is 15.4 Å². The highest BCUT2D eigenvalue weighted by Crippen LogP contribution is 2.10. The number of aromatic nitrogens is 1. The topological polar surface area (TPSA) is 72.3 Å². The predicted molar refractivity (Wildman–Crippen MR) is 39.9 cm³/mol. The SMILES string of the molecule is CCc1cc(C(N)CO)no1. The quantitative estimate of drug-likeness (QED) is 0.657. The number of nitrogens with zero attached hydrogens (tertiary/aromatic N) is 1. The number of aryl methyl sites for hydroxylation is 1. The molecule has 11 heavy (non-hydrogen) atoms. The maximum atomic E-state index is 8.66. The molecule has 0 radical (unpaired) electrons. The third kappa shape index (κ3) is 1.78. The average molecular weight is 156 g/mol. The molecule has 0 amide bonds. The average Bonchev–Trinajstić information content (AvgIpc) is 2.50. The van der Waals surface area contributed by atoms with Crippen LogP contribution in [0.2, 0.25) is 0 Å². The first-order valence-electron chi connectivity index (χ1n) is 3.59. The maximum Gasteiger partial charge on any atom is 0.136 e. The van der Waals surface area contributed by atoms with Crippen LogP contribution in [0.15, 0.2) is 10.6 Å². The Labute approximate surface area is 65.0 Å². The third-order valence-corrected chi connectivity index (χ3v) is 1.50. The van der Waals surface area contributed by atoms with Crippen LogP contribution < -0.4 is 5.73 Å². The minimum atomic E-state index is -0.418. The molecule has 0 aliphatic heterocycles. The monoisotopic (exact) mass is 156 g/mol. The second-order valence-electron chi connectivity index (χ2n) is 2.36. The summed E-state index contributed by atoms with van der Waals surface area (Å²) >= 11 is 0. The van der Waals surface area contributed by atoms with Gasteiger partial charge in [-0.1, -0.05) is 12.1 Å². The summed E-state index contributed by atoms with van der Waals surface area (Å²) < 4.78 is 4.90. The molecule has 0 spiro atoms. The molecule has 0 bridgehead atoms. The molecule has 0 aliphatic rings. The fourth-order valence-corrected chi connectivity index (χ4v) is 0.764. The van der Waals surface area contributed by atoms with Crippen molar-refractivity contribution in [1.29, 1.82) is 0 Å². The number of nitrogens with two attached hydrogens (primary N) is 1. The van der Waals surface area contributed by atoms with Gasteiger partial charge in [0.15, 0.2) is 0 Å². The molecule has 1 rings (SSSR count). The Hall–Kier alpha value is -0.870. The van der Waals surface area contributed by atoms with Crippen LogP contribution in [0.1, 0.15) is 24.4 Å². The van der Waals surface area contributed by atoms with Crippen LogP contribution in [0.25, 0.3) is 0 Å². The van der Waals surface area contributed by atoms with Crippen molar-refractivity contribution in [3.8, 4) is 0 Å². The van der Waals surface area contributed by atoms with Crippen molar-refractivity contribution in [2.24, 2.45) is 5.73 Å². The molecule has 0 aromatic carbocycles. The van der Waals surface area contributed by atoms with Crippen LogP contribution in [0, 0.1) is 0 Å². The Bertz CT molecular complexity index is 222. The van der Waals surface area contributed by atoms with Crippen molar-refractivity contribution in [1.82, 2.24) is 5.16 Å². The lowest BCUT2D eigenvalue weighted by atomic mass is 10.2. The highest BCUT2D eigenvalue weighted by Gasteiger charge is 2.09. The highest BCUT2D eigenvalue weighted by molar-refractivity contribution is 5.09. The van der Waals surface area contributed by atoms with Gasteiger partial charge in [-0.2, -0.15) is 0 Å². The predicted octanol–water partition coefficient (Wildman–Crippen LogP) is 0.229. The van der Waals surface area contributed by atoms with Gasteiger partial charge in [-0.05, 0) is 0 Å². The van der Waals surface area contributed by atoms with Gasteiger partial charge in [-0.3, -0.25) is 0 Å². The normalized spacial score (nSPS) is 13.4. The first-order chi connectivity index (χ1) is 5.27. The molecule has 1 aromatic rings. The molecule has 1 heterocycles. The van der Waals surface area contributed by atoms with Gasteiger partial charge in [0.05, 0.1) is 12.6 Å². The van der Waals surface area contributed by atoms with E-state index in [2.05, 4.69) is 5.16 Å². The lowest BCUT2D eigenvalue weighted by Gasteiger charge is -1.99. The standard InChI is InChI=1S/C7H12N2O2/c1-2-5-3-7(9-11-5)6(8)4-10/h3,6,10H,2,4,8H2,1H3. The Morgan fingerprint density at radius 2 is 2.55 bits per heavy atom. The van der Waals surface area contributed by atoms with Gasteiger partial charge in [-0.25, -0.2) is 0 Å². The Morgan fingerprint density at radius 1 is 1.82 bits per heavy atom. The van der Waals surface area contributed by atoms with E-state index in [0.29, 0.717) is 5.69 Å². The summed E-state index contributed by atoms with van der Waals surface area (Å²) in [5.41, 5.74) is 6.10. The zero-order chi connectivity index (χ0) is 8.27. The lowest BCUT2D eigenvalue weighted by molar-refractivity contribution is 0.260. The smallest absolute Gasteiger partial charge is 0.136 e. The molecule has 0 saturated heterocycles. The molecule has 3 N–H and O–H groups in total. The molecule has 1 unspecified atom stereocenters. The molecule has 0 saturated carbocycles. The summed E-state index contributed by atoms with van der Waals surface area (Å²) in [6.45, 7) is 1.87. The number of aliphatic hydroxyl groups excluding tert-OH is 1. The van der Waals surface area contributed by atoms with E-state index in [9.17, 15) is 0 Å². The van der Waals surface area contributed by atoms with Gasteiger partial charge in [0, 0.05) is 12.5 Å². The van der Waals surface area contributed by atoms with Crippen molar-refractivity contribution in [2.45, 2.75) is 19.4 Å². The molecule has 62 valence electrons. The van der Waals surface area contributed by atoms with E-state index < -0.39 is 6.04 Å². The maximum absolute atomic E-state index is 8.66. The first kappa shape index (κ1) is 8.23. The van der Waals surface area contributed by atoms with Gasteiger partial charge >= 0.3 is 0 Å². The lowest BCUT2D eigenvalue weighted by Crippen LogP contribution is -2.14. The van der Waals surface area contributed by atoms with Crippen molar-refractivity contribution in [3.63, 3.8) is 0 Å². The van der Waals surface area contributed by atoms with Gasteiger partial charge in [-0.15, -0.1) is 0 Å². The fourth-order valence-electron chi connectivity index (χ4n) is 0.764. The summed E-state index contributed by atoms with van der Waals surface area (Å²) in [7, 11) is 0. The van der Waals surface area contributed by atoms with Crippen molar-refractivity contribution < 1.29 is 9.63 Å². The minimum Gasteiger partial charge on any atom is -0.394 e. The van der Waals surface area contributed by atoms with E-state index in [-0.39, 0.29) is 6.61 Å². The zero-order valence-electron chi connectivity index (χ0n) is 6.45. The van der Waals surface area contributed by atoms with Crippen molar-refractivity contribution in [2.75, 3.05) is 6.61 Å². The Balaban J connectivity index is 2.71. The van der Waals surface area contributed by atoms with E-state index in [0.717, 1.165) is 12.2 Å². The number of aliphatic hydroxyl groups is 1. The van der Waals surface area contributed by atoms with Crippen molar-refractivity contribution >= 4 is 0 Å². The van der Waals surface area contributed by atoms with Gasteiger partial charge in [0.2, 0.25) is 0 Å². The van der Waals surface area contributed by atoms with Crippen LogP contribution >= 0.6 is 0 Å². The van der Waals surface area contributed by atoms with Gasteiger partial charge in [0.25, 0.3) is 0 Å². The number of rotatable bonds is 3. The largest absolute Gasteiger partial charge is 0.394 e. The zero-order valence-corrected chi connectivity index (χ0v) is 6.45. The minimum absolute atomic E-state index is 0.102. The van der Waals surface area contributed by atoms with Crippen LogP contribution in [0.5, 0.6) is 0 Å². The highest BCUT2D eigenvalue weighted by atomic mass is 16.5. The second-order valence-corrected chi connectivity index (χ2v) is 2.36. The summed E-state index contributed by atoms with van der Waals surface area (Å²) in [5, 5.41) is 12.4. The molecular weight excluding hydrogens is 144 g/mol. The van der Waals surface area contributed by atoms with E-state index in [1.165, 1.54) is 0 Å². The third-order valence-electron chi connectivity index (χ3n) is 1.50. The Morgan fingerprint density at radius 3 is 3.00 bits per heavy atom. The molecule has 4 nitrogen and oxygen atoms in total. The van der Waals surface area contributed by atoms with Gasteiger partial charge < -0.3 is 15.4 Å². The molecule has 4 heteroatoms. The van der Waals surface area contributed by atoms with Gasteiger partial charge in [0.1, 0.15) is 11.5 Å². The molecule has 1 aromatic heterocycles. The van der Waals surface area contributed by atoms with Crippen LogP contribution in [0.3, 0.4) is 0 Å². The van der Waals surface area contributed by atoms with Crippen LogP contribution in [0.4, 0.5) is 0 Å². The summed E-state index contributed by atoms with van der Waals surface area (Å²) in [5.74, 6) is 0.795. The first-order valence-corrected chi connectivity index (χ1v) is 3.59. The number of hydrogen-bond donors (Lipinski definition) is 2.